The molecule has 28 heavy (non-hydrogen) atoms. The molecule has 4 rings (SSSR count). The van der Waals surface area contributed by atoms with Crippen molar-refractivity contribution in [2.75, 3.05) is 26.3 Å². The molecule has 0 saturated carbocycles. The van der Waals surface area contributed by atoms with Crippen molar-refractivity contribution in [3.05, 3.63) is 58.6 Å². The molecule has 2 aliphatic heterocycles. The van der Waals surface area contributed by atoms with Crippen LogP contribution in [0.25, 0.3) is 0 Å². The molecule has 2 atom stereocenters. The minimum absolute atomic E-state index is 0.0183. The van der Waals surface area contributed by atoms with E-state index in [0.717, 1.165) is 17.5 Å². The number of carbonyl (C=O) groups excluding carboxylic acids is 1. The lowest BCUT2D eigenvalue weighted by Crippen LogP contribution is -2.46. The molecule has 1 amide bonds. The number of hydrogen-bond acceptors (Lipinski definition) is 4. The van der Waals surface area contributed by atoms with Crippen LogP contribution in [0.1, 0.15) is 30.6 Å². The third-order valence-electron chi connectivity index (χ3n) is 5.00. The lowest BCUT2D eigenvalue weighted by atomic mass is 10.1. The van der Waals surface area contributed by atoms with Crippen LogP contribution in [0, 0.1) is 0 Å². The van der Waals surface area contributed by atoms with Gasteiger partial charge in [0.05, 0.1) is 37.3 Å². The normalized spacial score (nSPS) is 21.9. The van der Waals surface area contributed by atoms with Gasteiger partial charge < -0.3 is 19.1 Å². The number of ether oxygens (including phenoxy) is 3. The Morgan fingerprint density at radius 2 is 1.93 bits per heavy atom. The van der Waals surface area contributed by atoms with E-state index in [0.29, 0.717) is 42.8 Å². The summed E-state index contributed by atoms with van der Waals surface area (Å²) in [6.45, 7) is 4.30. The van der Waals surface area contributed by atoms with Crippen molar-refractivity contribution in [3.63, 3.8) is 0 Å². The highest BCUT2D eigenvalue weighted by Crippen LogP contribution is 2.38. The zero-order valence-electron chi connectivity index (χ0n) is 15.9. The summed E-state index contributed by atoms with van der Waals surface area (Å²) in [5.41, 5.74) is 1.92. The second-order valence-corrected chi connectivity index (χ2v) is 7.68. The number of amides is 1. The summed E-state index contributed by atoms with van der Waals surface area (Å²) in [7, 11) is 0. The fourth-order valence-corrected chi connectivity index (χ4v) is 3.97. The zero-order chi connectivity index (χ0) is 19.5. The standard InChI is InChI=1S/C22H24ClNO4/c1-15-13-24(14-20(28-15)17-6-3-2-4-7-17)21(25)12-16-10-18(23)22-19(11-16)26-8-5-9-27-22/h2-4,6-7,10-11,15,20H,5,8-9,12-14H2,1H3. The van der Waals surface area contributed by atoms with E-state index < -0.39 is 0 Å². The molecule has 2 aliphatic rings. The molecular weight excluding hydrogens is 378 g/mol. The van der Waals surface area contributed by atoms with Gasteiger partial charge in [0.2, 0.25) is 5.91 Å². The van der Waals surface area contributed by atoms with E-state index in [1.54, 1.807) is 6.07 Å². The number of halogens is 1. The quantitative estimate of drug-likeness (QED) is 0.779. The molecule has 2 heterocycles. The predicted molar refractivity (Wildman–Crippen MR) is 107 cm³/mol. The van der Waals surface area contributed by atoms with Gasteiger partial charge in [-0.05, 0) is 30.2 Å². The van der Waals surface area contributed by atoms with E-state index in [4.69, 9.17) is 25.8 Å². The van der Waals surface area contributed by atoms with Gasteiger partial charge in [-0.1, -0.05) is 41.9 Å². The maximum absolute atomic E-state index is 13.0. The lowest BCUT2D eigenvalue weighted by molar-refractivity contribution is -0.144. The number of carbonyl (C=O) groups is 1. The van der Waals surface area contributed by atoms with Crippen LogP contribution in [0.5, 0.6) is 11.5 Å². The molecule has 1 fully saturated rings. The van der Waals surface area contributed by atoms with Crippen molar-refractivity contribution in [3.8, 4) is 11.5 Å². The predicted octanol–water partition coefficient (Wildman–Crippen LogP) is 4.03. The Bertz CT molecular complexity index is 842. The van der Waals surface area contributed by atoms with Crippen LogP contribution in [0.3, 0.4) is 0 Å². The summed E-state index contributed by atoms with van der Waals surface area (Å²) in [5.74, 6) is 1.24. The summed E-state index contributed by atoms with van der Waals surface area (Å²) in [6.07, 6.45) is 0.952. The number of rotatable bonds is 3. The van der Waals surface area contributed by atoms with Crippen LogP contribution in [0.2, 0.25) is 5.02 Å². The highest BCUT2D eigenvalue weighted by molar-refractivity contribution is 6.32. The van der Waals surface area contributed by atoms with E-state index in [2.05, 4.69) is 0 Å². The first kappa shape index (κ1) is 19.1. The summed E-state index contributed by atoms with van der Waals surface area (Å²) >= 11 is 6.37. The second kappa shape index (κ2) is 8.41. The average molecular weight is 402 g/mol. The van der Waals surface area contributed by atoms with Crippen LogP contribution in [0.4, 0.5) is 0 Å². The molecule has 0 N–H and O–H groups in total. The molecule has 148 valence electrons. The van der Waals surface area contributed by atoms with Crippen molar-refractivity contribution < 1.29 is 19.0 Å². The molecule has 2 aromatic rings. The minimum Gasteiger partial charge on any atom is -0.489 e. The molecule has 2 unspecified atom stereocenters. The maximum atomic E-state index is 13.0. The Hall–Kier alpha value is -2.24. The van der Waals surface area contributed by atoms with E-state index in [1.807, 2.05) is 48.2 Å². The number of morpholine rings is 1. The Labute approximate surface area is 170 Å². The molecule has 0 radical (unpaired) electrons. The third kappa shape index (κ3) is 4.26. The van der Waals surface area contributed by atoms with Crippen molar-refractivity contribution in [1.82, 2.24) is 4.90 Å². The summed E-state index contributed by atoms with van der Waals surface area (Å²) in [6, 6.07) is 13.7. The minimum atomic E-state index is -0.110. The first-order valence-corrected chi connectivity index (χ1v) is 10.0. The van der Waals surface area contributed by atoms with E-state index in [1.165, 1.54) is 0 Å². The first-order chi connectivity index (χ1) is 13.6. The summed E-state index contributed by atoms with van der Waals surface area (Å²) in [5, 5.41) is 0.486. The van der Waals surface area contributed by atoms with Crippen molar-refractivity contribution in [2.24, 2.45) is 0 Å². The van der Waals surface area contributed by atoms with Gasteiger partial charge in [0, 0.05) is 13.0 Å². The average Bonchev–Trinajstić information content (AvgIpc) is 2.94. The van der Waals surface area contributed by atoms with Gasteiger partial charge in [0.15, 0.2) is 11.5 Å². The van der Waals surface area contributed by atoms with Crippen LogP contribution in [-0.2, 0) is 16.0 Å². The van der Waals surface area contributed by atoms with Gasteiger partial charge >= 0.3 is 0 Å². The molecule has 5 nitrogen and oxygen atoms in total. The molecule has 0 spiro atoms. The van der Waals surface area contributed by atoms with Gasteiger partial charge in [0.25, 0.3) is 0 Å². The Kier molecular flexibility index (Phi) is 5.74. The fourth-order valence-electron chi connectivity index (χ4n) is 3.68. The topological polar surface area (TPSA) is 48.0 Å². The monoisotopic (exact) mass is 401 g/mol. The Morgan fingerprint density at radius 3 is 2.75 bits per heavy atom. The molecule has 6 heteroatoms. The van der Waals surface area contributed by atoms with Gasteiger partial charge in [-0.2, -0.15) is 0 Å². The van der Waals surface area contributed by atoms with Gasteiger partial charge in [0.1, 0.15) is 6.10 Å². The second-order valence-electron chi connectivity index (χ2n) is 7.28. The molecule has 0 aliphatic carbocycles. The number of nitrogens with zero attached hydrogens (tertiary/aromatic N) is 1. The van der Waals surface area contributed by atoms with Crippen LogP contribution in [-0.4, -0.2) is 43.2 Å². The van der Waals surface area contributed by atoms with Crippen LogP contribution >= 0.6 is 11.6 Å². The summed E-state index contributed by atoms with van der Waals surface area (Å²) in [4.78, 5) is 14.9. The van der Waals surface area contributed by atoms with Gasteiger partial charge in [-0.3, -0.25) is 4.79 Å². The SMILES string of the molecule is CC1CN(C(=O)Cc2cc(Cl)c3c(c2)OCCCO3)CC(c2ccccc2)O1. The van der Waals surface area contributed by atoms with Crippen molar-refractivity contribution >= 4 is 17.5 Å². The van der Waals surface area contributed by atoms with Crippen molar-refractivity contribution in [2.45, 2.75) is 32.0 Å². The number of benzene rings is 2. The van der Waals surface area contributed by atoms with E-state index in [9.17, 15) is 4.79 Å². The molecule has 0 aromatic heterocycles. The van der Waals surface area contributed by atoms with Crippen LogP contribution in [0.15, 0.2) is 42.5 Å². The Morgan fingerprint density at radius 1 is 1.14 bits per heavy atom. The lowest BCUT2D eigenvalue weighted by Gasteiger charge is -2.37. The van der Waals surface area contributed by atoms with Crippen molar-refractivity contribution in [1.29, 1.82) is 0 Å². The molecular formula is C22H24ClNO4. The molecule has 2 aromatic carbocycles. The third-order valence-corrected chi connectivity index (χ3v) is 5.28. The number of fused-ring (bicyclic) bond motifs is 1. The zero-order valence-corrected chi connectivity index (χ0v) is 16.7. The maximum Gasteiger partial charge on any atom is 0.227 e. The molecule has 0 bridgehead atoms. The first-order valence-electron chi connectivity index (χ1n) is 9.66. The highest BCUT2D eigenvalue weighted by atomic mass is 35.5. The van der Waals surface area contributed by atoms with Gasteiger partial charge in [-0.25, -0.2) is 0 Å². The van der Waals surface area contributed by atoms with E-state index >= 15 is 0 Å². The van der Waals surface area contributed by atoms with Crippen LogP contribution < -0.4 is 9.47 Å². The van der Waals surface area contributed by atoms with Gasteiger partial charge in [-0.15, -0.1) is 0 Å². The highest BCUT2D eigenvalue weighted by Gasteiger charge is 2.29. The Balaban J connectivity index is 1.48. The van der Waals surface area contributed by atoms with E-state index in [-0.39, 0.29) is 24.5 Å². The molecule has 1 saturated heterocycles. The smallest absolute Gasteiger partial charge is 0.227 e. The number of hydrogen-bond donors (Lipinski definition) is 0. The largest absolute Gasteiger partial charge is 0.489 e. The summed E-state index contributed by atoms with van der Waals surface area (Å²) < 4.78 is 17.5. The fraction of sp³-hybridized carbons (Fsp3) is 0.409.